The smallest absolute Gasteiger partial charge is 0.336 e. The van der Waals surface area contributed by atoms with Crippen LogP contribution in [0.15, 0.2) is 48.5 Å². The van der Waals surface area contributed by atoms with Crippen LogP contribution in [0.2, 0.25) is 0 Å². The predicted molar refractivity (Wildman–Crippen MR) is 127 cm³/mol. The molecular formula is C26H33N3O4. The van der Waals surface area contributed by atoms with Gasteiger partial charge in [0.1, 0.15) is 5.82 Å². The van der Waals surface area contributed by atoms with Crippen LogP contribution in [0.3, 0.4) is 0 Å². The Morgan fingerprint density at radius 3 is 2.33 bits per heavy atom. The molecule has 3 rings (SSSR count). The fourth-order valence-electron chi connectivity index (χ4n) is 3.86. The van der Waals surface area contributed by atoms with Gasteiger partial charge >= 0.3 is 5.97 Å². The maximum Gasteiger partial charge on any atom is 0.336 e. The highest BCUT2D eigenvalue weighted by molar-refractivity contribution is 5.95. The van der Waals surface area contributed by atoms with Crippen molar-refractivity contribution in [2.75, 3.05) is 14.2 Å². The summed E-state index contributed by atoms with van der Waals surface area (Å²) < 4.78 is 13.2. The molecule has 33 heavy (non-hydrogen) atoms. The number of hydrogen-bond acceptors (Lipinski definition) is 5. The zero-order chi connectivity index (χ0) is 24.0. The van der Waals surface area contributed by atoms with E-state index in [9.17, 15) is 9.90 Å². The Balaban J connectivity index is 1.91. The molecule has 176 valence electrons. The van der Waals surface area contributed by atoms with Crippen molar-refractivity contribution in [1.29, 1.82) is 0 Å². The van der Waals surface area contributed by atoms with Crippen LogP contribution in [0, 0.1) is 5.92 Å². The van der Waals surface area contributed by atoms with E-state index in [1.807, 2.05) is 48.0 Å². The molecule has 2 aromatic carbocycles. The SMILES string of the molecule is CCC(OC)(OC)c1nc(CCC(C)C)n(Cc2ccc(-c3ccccc3C(=O)O)cc2)n1. The van der Waals surface area contributed by atoms with Gasteiger partial charge < -0.3 is 14.6 Å². The summed E-state index contributed by atoms with van der Waals surface area (Å²) in [6.07, 6.45) is 2.40. The van der Waals surface area contributed by atoms with E-state index in [0.717, 1.165) is 29.8 Å². The third-order valence-corrected chi connectivity index (χ3v) is 5.91. The molecule has 3 aromatic rings. The molecule has 0 amide bonds. The lowest BCUT2D eigenvalue weighted by Crippen LogP contribution is -2.31. The molecule has 1 aromatic heterocycles. The number of aryl methyl sites for hydroxylation is 1. The van der Waals surface area contributed by atoms with Gasteiger partial charge in [-0.05, 0) is 35.1 Å². The summed E-state index contributed by atoms with van der Waals surface area (Å²) in [5.41, 5.74) is 2.90. The van der Waals surface area contributed by atoms with Crippen LogP contribution in [0.25, 0.3) is 11.1 Å². The van der Waals surface area contributed by atoms with Crippen LogP contribution in [-0.2, 0) is 28.2 Å². The quantitative estimate of drug-likeness (QED) is 0.407. The summed E-state index contributed by atoms with van der Waals surface area (Å²) in [5.74, 6) is 0.0670. The highest BCUT2D eigenvalue weighted by Gasteiger charge is 2.35. The highest BCUT2D eigenvalue weighted by atomic mass is 16.7. The number of carbonyl (C=O) groups is 1. The van der Waals surface area contributed by atoms with Gasteiger partial charge in [-0.25, -0.2) is 14.5 Å². The first-order chi connectivity index (χ1) is 15.8. The van der Waals surface area contributed by atoms with Crippen LogP contribution in [0.5, 0.6) is 0 Å². The first kappa shape index (κ1) is 24.6. The van der Waals surface area contributed by atoms with Gasteiger partial charge in [-0.15, -0.1) is 5.10 Å². The maximum atomic E-state index is 11.6. The number of methoxy groups -OCH3 is 2. The first-order valence-electron chi connectivity index (χ1n) is 11.3. The monoisotopic (exact) mass is 451 g/mol. The summed E-state index contributed by atoms with van der Waals surface area (Å²) in [7, 11) is 3.21. The molecule has 1 N–H and O–H groups in total. The number of carboxylic acid groups (broad SMARTS) is 1. The molecule has 0 aliphatic heterocycles. The lowest BCUT2D eigenvalue weighted by molar-refractivity contribution is -0.222. The Bertz CT molecular complexity index is 1060. The average molecular weight is 452 g/mol. The Morgan fingerprint density at radius 2 is 1.76 bits per heavy atom. The van der Waals surface area contributed by atoms with Crippen molar-refractivity contribution >= 4 is 5.97 Å². The van der Waals surface area contributed by atoms with Crippen molar-refractivity contribution < 1.29 is 19.4 Å². The van der Waals surface area contributed by atoms with Gasteiger partial charge in [0.15, 0.2) is 0 Å². The van der Waals surface area contributed by atoms with Gasteiger partial charge in [0.25, 0.3) is 0 Å². The van der Waals surface area contributed by atoms with Gasteiger partial charge in [-0.1, -0.05) is 63.2 Å². The Morgan fingerprint density at radius 1 is 1.09 bits per heavy atom. The predicted octanol–water partition coefficient (Wildman–Crippen LogP) is 5.14. The third-order valence-electron chi connectivity index (χ3n) is 5.91. The molecule has 0 aliphatic carbocycles. The van der Waals surface area contributed by atoms with Crippen molar-refractivity contribution in [3.05, 3.63) is 71.3 Å². The molecule has 0 radical (unpaired) electrons. The third kappa shape index (κ3) is 5.49. The highest BCUT2D eigenvalue weighted by Crippen LogP contribution is 2.28. The minimum absolute atomic E-state index is 0.289. The molecule has 0 spiro atoms. The molecular weight excluding hydrogens is 418 g/mol. The fraction of sp³-hybridized carbons (Fsp3) is 0.423. The van der Waals surface area contributed by atoms with Crippen molar-refractivity contribution in [1.82, 2.24) is 14.8 Å². The molecule has 0 fully saturated rings. The molecule has 0 atom stereocenters. The second-order valence-electron chi connectivity index (χ2n) is 8.50. The average Bonchev–Trinajstić information content (AvgIpc) is 3.22. The van der Waals surface area contributed by atoms with Crippen LogP contribution in [0.4, 0.5) is 0 Å². The van der Waals surface area contributed by atoms with Gasteiger partial charge in [-0.3, -0.25) is 0 Å². The Kier molecular flexibility index (Phi) is 8.00. The number of benzene rings is 2. The summed E-state index contributed by atoms with van der Waals surface area (Å²) in [6.45, 7) is 6.91. The standard InChI is InChI=1S/C26H33N3O4/c1-6-26(32-4,33-5)25-27-23(16-11-18(2)3)29(28-25)17-19-12-14-20(15-13-19)21-9-7-8-10-22(21)24(30)31/h7-10,12-15,18H,6,11,16-17H2,1-5H3,(H,30,31). The minimum atomic E-state index is -0.970. The summed E-state index contributed by atoms with van der Waals surface area (Å²) in [5, 5.41) is 14.3. The van der Waals surface area contributed by atoms with E-state index in [-0.39, 0.29) is 5.56 Å². The van der Waals surface area contributed by atoms with E-state index < -0.39 is 11.8 Å². The number of hydrogen-bond donors (Lipinski definition) is 1. The summed E-state index contributed by atoms with van der Waals surface area (Å²) >= 11 is 0. The number of ether oxygens (including phenoxy) is 2. The molecule has 1 heterocycles. The van der Waals surface area contributed by atoms with E-state index in [0.29, 0.717) is 30.3 Å². The van der Waals surface area contributed by atoms with Crippen LogP contribution < -0.4 is 0 Å². The second kappa shape index (κ2) is 10.7. The molecule has 7 nitrogen and oxygen atoms in total. The van der Waals surface area contributed by atoms with Crippen LogP contribution in [0.1, 0.15) is 61.2 Å². The number of aromatic carboxylic acids is 1. The number of aromatic nitrogens is 3. The number of nitrogens with zero attached hydrogens (tertiary/aromatic N) is 3. The number of carboxylic acids is 1. The lowest BCUT2D eigenvalue weighted by atomic mass is 9.99. The molecule has 0 saturated heterocycles. The van der Waals surface area contributed by atoms with Crippen molar-refractivity contribution in [2.24, 2.45) is 5.92 Å². The molecule has 0 aliphatic rings. The van der Waals surface area contributed by atoms with Crippen molar-refractivity contribution in [2.45, 2.75) is 52.4 Å². The summed E-state index contributed by atoms with van der Waals surface area (Å²) in [4.78, 5) is 16.4. The Labute approximate surface area is 195 Å². The second-order valence-corrected chi connectivity index (χ2v) is 8.50. The first-order valence-corrected chi connectivity index (χ1v) is 11.3. The van der Waals surface area contributed by atoms with E-state index >= 15 is 0 Å². The zero-order valence-electron chi connectivity index (χ0n) is 20.0. The molecule has 7 heteroatoms. The Hall–Kier alpha value is -3.03. The van der Waals surface area contributed by atoms with Crippen molar-refractivity contribution in [3.63, 3.8) is 0 Å². The van der Waals surface area contributed by atoms with Gasteiger partial charge in [0.05, 0.1) is 12.1 Å². The minimum Gasteiger partial charge on any atom is -0.478 e. The van der Waals surface area contributed by atoms with Crippen molar-refractivity contribution in [3.8, 4) is 11.1 Å². The van der Waals surface area contributed by atoms with Gasteiger partial charge in [-0.2, -0.15) is 0 Å². The van der Waals surface area contributed by atoms with Gasteiger partial charge in [0, 0.05) is 27.1 Å². The maximum absolute atomic E-state index is 11.6. The van der Waals surface area contributed by atoms with Gasteiger partial charge in [0.2, 0.25) is 11.6 Å². The normalized spacial score (nSPS) is 11.8. The van der Waals surface area contributed by atoms with E-state index in [1.54, 1.807) is 26.4 Å². The lowest BCUT2D eigenvalue weighted by Gasteiger charge is -2.26. The van der Waals surface area contributed by atoms with E-state index in [4.69, 9.17) is 19.6 Å². The van der Waals surface area contributed by atoms with E-state index in [2.05, 4.69) is 13.8 Å². The molecule has 0 unspecified atom stereocenters. The van der Waals surface area contributed by atoms with Crippen LogP contribution in [-0.4, -0.2) is 40.1 Å². The molecule has 0 bridgehead atoms. The van der Waals surface area contributed by atoms with E-state index in [1.165, 1.54) is 0 Å². The largest absolute Gasteiger partial charge is 0.478 e. The topological polar surface area (TPSA) is 86.5 Å². The van der Waals surface area contributed by atoms with Crippen LogP contribution >= 0.6 is 0 Å². The number of rotatable bonds is 11. The fourth-order valence-corrected chi connectivity index (χ4v) is 3.86. The zero-order valence-corrected chi connectivity index (χ0v) is 20.0. The summed E-state index contributed by atoms with van der Waals surface area (Å²) in [6, 6.07) is 14.9. The molecule has 0 saturated carbocycles.